The topological polar surface area (TPSA) is 60.0 Å². The highest BCUT2D eigenvalue weighted by Gasteiger charge is 2.35. The van der Waals surface area contributed by atoms with Crippen LogP contribution in [0.4, 0.5) is 13.2 Å². The molecule has 0 aliphatic carbocycles. The first-order chi connectivity index (χ1) is 11.8. The van der Waals surface area contributed by atoms with Gasteiger partial charge in [-0.25, -0.2) is 4.98 Å². The summed E-state index contributed by atoms with van der Waals surface area (Å²) in [4.78, 5) is 10.1. The van der Waals surface area contributed by atoms with Gasteiger partial charge in [-0.1, -0.05) is 5.16 Å². The second-order valence-electron chi connectivity index (χ2n) is 6.70. The summed E-state index contributed by atoms with van der Waals surface area (Å²) >= 11 is 0. The lowest BCUT2D eigenvalue weighted by atomic mass is 9.99. The third kappa shape index (κ3) is 4.59. The molecular weight excluding hydrogens is 335 g/mol. The zero-order chi connectivity index (χ0) is 18.0. The van der Waals surface area contributed by atoms with Gasteiger partial charge in [0.1, 0.15) is 5.82 Å². The fraction of sp³-hybridized carbons (Fsp3) is 0.688. The summed E-state index contributed by atoms with van der Waals surface area (Å²) < 4.78 is 45.0. The van der Waals surface area contributed by atoms with Crippen LogP contribution < -0.4 is 0 Å². The molecule has 0 aromatic carbocycles. The van der Waals surface area contributed by atoms with Crippen LogP contribution >= 0.6 is 0 Å². The number of fused-ring (bicyclic) bond motifs is 1. The minimum absolute atomic E-state index is 0.332. The summed E-state index contributed by atoms with van der Waals surface area (Å²) in [6.07, 6.45) is -0.143. The molecule has 0 radical (unpaired) electrons. The summed E-state index contributed by atoms with van der Waals surface area (Å²) in [7, 11) is 2.03. The molecule has 2 aromatic heterocycles. The third-order valence-corrected chi connectivity index (χ3v) is 4.45. The van der Waals surface area contributed by atoms with E-state index in [-0.39, 0.29) is 0 Å². The minimum atomic E-state index is -4.37. The van der Waals surface area contributed by atoms with Gasteiger partial charge in [0.25, 0.3) is 0 Å². The van der Waals surface area contributed by atoms with E-state index < -0.39 is 11.9 Å². The quantitative estimate of drug-likeness (QED) is 0.796. The van der Waals surface area contributed by atoms with E-state index in [1.165, 1.54) is 0 Å². The molecule has 1 unspecified atom stereocenters. The molecule has 25 heavy (non-hydrogen) atoms. The van der Waals surface area contributed by atoms with Crippen LogP contribution in [0.3, 0.4) is 0 Å². The molecule has 1 aliphatic heterocycles. The van der Waals surface area contributed by atoms with Crippen LogP contribution in [-0.2, 0) is 25.6 Å². The van der Waals surface area contributed by atoms with Gasteiger partial charge >= 0.3 is 6.18 Å². The Kier molecular flexibility index (Phi) is 5.12. The van der Waals surface area contributed by atoms with Gasteiger partial charge in [-0.3, -0.25) is 0 Å². The normalized spacial score (nSPS) is 17.9. The molecule has 1 atom stereocenters. The van der Waals surface area contributed by atoms with Crippen molar-refractivity contribution < 1.29 is 17.7 Å². The monoisotopic (exact) mass is 357 g/mol. The second kappa shape index (κ2) is 7.15. The van der Waals surface area contributed by atoms with E-state index in [9.17, 15) is 13.2 Å². The van der Waals surface area contributed by atoms with Crippen molar-refractivity contribution in [3.63, 3.8) is 0 Å². The summed E-state index contributed by atoms with van der Waals surface area (Å²) in [5, 5.41) is 3.76. The Bertz CT molecular complexity index is 709. The van der Waals surface area contributed by atoms with E-state index in [1.807, 2.05) is 7.05 Å². The van der Waals surface area contributed by atoms with Crippen LogP contribution in [-0.4, -0.2) is 44.7 Å². The number of aromatic nitrogens is 4. The van der Waals surface area contributed by atoms with Gasteiger partial charge in [0.2, 0.25) is 5.89 Å². The maximum atomic E-state index is 12.8. The van der Waals surface area contributed by atoms with Crippen LogP contribution in [0, 0.1) is 12.8 Å². The van der Waals surface area contributed by atoms with Crippen molar-refractivity contribution in [2.75, 3.05) is 20.1 Å². The molecule has 6 nitrogen and oxygen atoms in total. The predicted molar refractivity (Wildman–Crippen MR) is 83.9 cm³/mol. The Morgan fingerprint density at radius 1 is 1.36 bits per heavy atom. The standard InChI is InChI=1S/C16H22F3N5O/c1-11-20-15(25-22-11)4-3-7-23(2)8-12-5-6-14-21-13(16(17,18)19)10-24(14)9-12/h10,12H,3-9H2,1-2H3. The second-order valence-corrected chi connectivity index (χ2v) is 6.70. The molecule has 0 spiro atoms. The van der Waals surface area contributed by atoms with Gasteiger partial charge in [-0.15, -0.1) is 0 Å². The summed E-state index contributed by atoms with van der Waals surface area (Å²) in [6.45, 7) is 4.10. The average Bonchev–Trinajstić information content (AvgIpc) is 3.12. The number of alkyl halides is 3. The third-order valence-electron chi connectivity index (χ3n) is 4.45. The Balaban J connectivity index is 1.46. The summed E-state index contributed by atoms with van der Waals surface area (Å²) in [6, 6.07) is 0. The van der Waals surface area contributed by atoms with Crippen LogP contribution in [0.2, 0.25) is 0 Å². The molecule has 0 bridgehead atoms. The van der Waals surface area contributed by atoms with Crippen molar-refractivity contribution >= 4 is 0 Å². The van der Waals surface area contributed by atoms with Crippen molar-refractivity contribution in [2.45, 2.75) is 45.3 Å². The number of halogens is 3. The van der Waals surface area contributed by atoms with Crippen molar-refractivity contribution in [1.82, 2.24) is 24.6 Å². The van der Waals surface area contributed by atoms with Gasteiger partial charge in [0.15, 0.2) is 11.5 Å². The number of nitrogens with zero attached hydrogens (tertiary/aromatic N) is 5. The van der Waals surface area contributed by atoms with Crippen molar-refractivity contribution in [3.05, 3.63) is 29.4 Å². The predicted octanol–water partition coefficient (Wildman–Crippen LogP) is 2.72. The highest BCUT2D eigenvalue weighted by molar-refractivity contribution is 5.09. The minimum Gasteiger partial charge on any atom is -0.339 e. The maximum Gasteiger partial charge on any atom is 0.434 e. The number of hydrogen-bond donors (Lipinski definition) is 0. The van der Waals surface area contributed by atoms with E-state index in [0.29, 0.717) is 36.4 Å². The number of hydrogen-bond acceptors (Lipinski definition) is 5. The highest BCUT2D eigenvalue weighted by Crippen LogP contribution is 2.30. The first-order valence-electron chi connectivity index (χ1n) is 8.42. The van der Waals surface area contributed by atoms with Gasteiger partial charge in [-0.2, -0.15) is 18.2 Å². The van der Waals surface area contributed by atoms with Crippen molar-refractivity contribution in [1.29, 1.82) is 0 Å². The van der Waals surface area contributed by atoms with E-state index in [2.05, 4.69) is 20.0 Å². The molecule has 1 aliphatic rings. The molecule has 0 N–H and O–H groups in total. The molecule has 3 rings (SSSR count). The van der Waals surface area contributed by atoms with Crippen LogP contribution in [0.15, 0.2) is 10.7 Å². The first-order valence-corrected chi connectivity index (χ1v) is 8.42. The lowest BCUT2D eigenvalue weighted by molar-refractivity contribution is -0.141. The number of aryl methyl sites for hydroxylation is 3. The fourth-order valence-electron chi connectivity index (χ4n) is 3.27. The fourth-order valence-corrected chi connectivity index (χ4v) is 3.27. The molecule has 3 heterocycles. The van der Waals surface area contributed by atoms with Crippen LogP contribution in [0.1, 0.15) is 36.1 Å². The van der Waals surface area contributed by atoms with Crippen molar-refractivity contribution in [3.8, 4) is 0 Å². The van der Waals surface area contributed by atoms with Gasteiger partial charge in [-0.05, 0) is 39.3 Å². The lowest BCUT2D eigenvalue weighted by Gasteiger charge is -2.28. The smallest absolute Gasteiger partial charge is 0.339 e. The van der Waals surface area contributed by atoms with Gasteiger partial charge in [0.05, 0.1) is 0 Å². The van der Waals surface area contributed by atoms with Gasteiger partial charge in [0, 0.05) is 32.1 Å². The highest BCUT2D eigenvalue weighted by atomic mass is 19.4. The largest absolute Gasteiger partial charge is 0.434 e. The maximum absolute atomic E-state index is 12.8. The van der Waals surface area contributed by atoms with E-state index in [1.54, 1.807) is 11.5 Å². The zero-order valence-corrected chi connectivity index (χ0v) is 14.4. The van der Waals surface area contributed by atoms with Crippen molar-refractivity contribution in [2.24, 2.45) is 5.92 Å². The molecule has 9 heteroatoms. The van der Waals surface area contributed by atoms with Crippen LogP contribution in [0.25, 0.3) is 0 Å². The molecule has 138 valence electrons. The zero-order valence-electron chi connectivity index (χ0n) is 14.4. The number of rotatable bonds is 6. The van der Waals surface area contributed by atoms with E-state index in [0.717, 1.165) is 38.5 Å². The SMILES string of the molecule is Cc1noc(CCCN(C)CC2CCc3nc(C(F)(F)F)cn3C2)n1. The Labute approximate surface area is 144 Å². The van der Waals surface area contributed by atoms with Crippen LogP contribution in [0.5, 0.6) is 0 Å². The van der Waals surface area contributed by atoms with E-state index >= 15 is 0 Å². The molecule has 2 aromatic rings. The Hall–Kier alpha value is -1.90. The summed E-state index contributed by atoms with van der Waals surface area (Å²) in [5.74, 6) is 2.16. The molecule has 0 amide bonds. The number of imidazole rings is 1. The first kappa shape index (κ1) is 17.9. The molecular formula is C16H22F3N5O. The van der Waals surface area contributed by atoms with E-state index in [4.69, 9.17) is 4.52 Å². The summed E-state index contributed by atoms with van der Waals surface area (Å²) in [5.41, 5.74) is -0.786. The molecule has 0 saturated heterocycles. The molecule has 0 saturated carbocycles. The lowest BCUT2D eigenvalue weighted by Crippen LogP contribution is -2.32. The Morgan fingerprint density at radius 3 is 2.84 bits per heavy atom. The molecule has 0 fully saturated rings. The average molecular weight is 357 g/mol. The van der Waals surface area contributed by atoms with Gasteiger partial charge < -0.3 is 14.0 Å². The Morgan fingerprint density at radius 2 is 2.16 bits per heavy atom.